The molecule has 0 aliphatic carbocycles. The van der Waals surface area contributed by atoms with Crippen molar-refractivity contribution in [3.05, 3.63) is 35.9 Å². The van der Waals surface area contributed by atoms with Crippen molar-refractivity contribution in [2.45, 2.75) is 38.9 Å². The Bertz CT molecular complexity index is 305. The monoisotopic (exact) mass is 252 g/mol. The van der Waals surface area contributed by atoms with Gasteiger partial charge < -0.3 is 19.4 Å². The molecule has 0 aromatic heterocycles. The van der Waals surface area contributed by atoms with Crippen molar-refractivity contribution in [3.63, 3.8) is 0 Å². The average Bonchev–Trinajstić information content (AvgIpc) is 2.37. The Balaban J connectivity index is 2.07. The van der Waals surface area contributed by atoms with Gasteiger partial charge in [0.15, 0.2) is 0 Å². The van der Waals surface area contributed by atoms with E-state index < -0.39 is 7.32 Å². The van der Waals surface area contributed by atoms with Crippen LogP contribution in [0.5, 0.6) is 0 Å². The molecule has 2 N–H and O–H groups in total. The van der Waals surface area contributed by atoms with Crippen LogP contribution >= 0.6 is 0 Å². The first kappa shape index (κ1) is 15.2. The second kappa shape index (κ2) is 9.11. The van der Waals surface area contributed by atoms with Gasteiger partial charge in [0.2, 0.25) is 0 Å². The zero-order chi connectivity index (χ0) is 13.2. The van der Waals surface area contributed by atoms with E-state index in [-0.39, 0.29) is 6.10 Å². The summed E-state index contributed by atoms with van der Waals surface area (Å²) in [5, 5.41) is 17.4. The van der Waals surface area contributed by atoms with Crippen LogP contribution in [0.2, 0.25) is 0 Å². The van der Waals surface area contributed by atoms with E-state index in [4.69, 9.17) is 19.4 Å². The third-order valence-electron chi connectivity index (χ3n) is 2.70. The predicted molar refractivity (Wildman–Crippen MR) is 70.7 cm³/mol. The van der Waals surface area contributed by atoms with Gasteiger partial charge in [0, 0.05) is 12.7 Å². The van der Waals surface area contributed by atoms with Gasteiger partial charge in [0.05, 0.1) is 6.61 Å². The second-order valence-electron chi connectivity index (χ2n) is 4.17. The molecule has 0 spiro atoms. The van der Waals surface area contributed by atoms with E-state index in [9.17, 15) is 0 Å². The molecule has 0 aliphatic rings. The molecule has 1 aromatic carbocycles. The smallest absolute Gasteiger partial charge is 0.402 e. The maximum Gasteiger partial charge on any atom is 0.634 e. The maximum absolute atomic E-state index is 8.71. The normalized spacial score (nSPS) is 12.4. The summed E-state index contributed by atoms with van der Waals surface area (Å²) in [6.07, 6.45) is 2.25. The molecule has 1 rings (SSSR count). The van der Waals surface area contributed by atoms with Crippen LogP contribution in [0.3, 0.4) is 0 Å². The molecule has 0 aliphatic heterocycles. The van der Waals surface area contributed by atoms with E-state index in [0.717, 1.165) is 24.8 Å². The SMILES string of the molecule is CCC(CCCOCc1ccccc1)OB(O)O. The summed E-state index contributed by atoms with van der Waals surface area (Å²) in [6.45, 7) is 3.22. The quantitative estimate of drug-likeness (QED) is 0.519. The summed E-state index contributed by atoms with van der Waals surface area (Å²) in [7, 11) is -1.68. The van der Waals surface area contributed by atoms with E-state index in [0.29, 0.717) is 13.2 Å². The molecule has 0 amide bonds. The lowest BCUT2D eigenvalue weighted by atomic mass is 10.1. The van der Waals surface area contributed by atoms with Gasteiger partial charge in [-0.1, -0.05) is 37.3 Å². The van der Waals surface area contributed by atoms with Crippen molar-refractivity contribution in [1.82, 2.24) is 0 Å². The summed E-state index contributed by atoms with van der Waals surface area (Å²) < 4.78 is 10.5. The molecule has 0 radical (unpaired) electrons. The van der Waals surface area contributed by atoms with E-state index >= 15 is 0 Å². The Kier molecular flexibility index (Phi) is 7.68. The third-order valence-corrected chi connectivity index (χ3v) is 2.70. The molecule has 0 bridgehead atoms. The van der Waals surface area contributed by atoms with Gasteiger partial charge >= 0.3 is 7.32 Å². The molecule has 5 heteroatoms. The number of hydrogen-bond donors (Lipinski definition) is 2. The highest BCUT2D eigenvalue weighted by molar-refractivity contribution is 6.32. The van der Waals surface area contributed by atoms with Crippen LogP contribution in [0.15, 0.2) is 30.3 Å². The van der Waals surface area contributed by atoms with Crippen LogP contribution in [0.25, 0.3) is 0 Å². The standard InChI is InChI=1S/C13H21BO4/c1-2-13(18-14(15)16)9-6-10-17-11-12-7-4-3-5-8-12/h3-5,7-8,13,15-16H,2,6,9-11H2,1H3. The van der Waals surface area contributed by atoms with Gasteiger partial charge in [-0.15, -0.1) is 0 Å². The molecule has 1 atom stereocenters. The highest BCUT2D eigenvalue weighted by atomic mass is 16.6. The van der Waals surface area contributed by atoms with E-state index in [2.05, 4.69) is 0 Å². The summed E-state index contributed by atoms with van der Waals surface area (Å²) in [5.41, 5.74) is 1.16. The van der Waals surface area contributed by atoms with Crippen molar-refractivity contribution >= 4 is 7.32 Å². The first-order valence-corrected chi connectivity index (χ1v) is 6.35. The molecule has 0 fully saturated rings. The molecule has 4 nitrogen and oxygen atoms in total. The average molecular weight is 252 g/mol. The van der Waals surface area contributed by atoms with Gasteiger partial charge in [-0.05, 0) is 24.8 Å². The maximum atomic E-state index is 8.71. The largest absolute Gasteiger partial charge is 0.634 e. The van der Waals surface area contributed by atoms with Gasteiger partial charge in [-0.2, -0.15) is 0 Å². The first-order chi connectivity index (χ1) is 8.72. The molecule has 1 aromatic rings. The minimum Gasteiger partial charge on any atom is -0.402 e. The lowest BCUT2D eigenvalue weighted by Gasteiger charge is -2.15. The van der Waals surface area contributed by atoms with E-state index in [1.54, 1.807) is 0 Å². The fraction of sp³-hybridized carbons (Fsp3) is 0.538. The second-order valence-corrected chi connectivity index (χ2v) is 4.17. The van der Waals surface area contributed by atoms with Crippen LogP contribution < -0.4 is 0 Å². The van der Waals surface area contributed by atoms with E-state index in [1.807, 2.05) is 37.3 Å². The summed E-state index contributed by atoms with van der Waals surface area (Å²) in [6, 6.07) is 10.0. The molecule has 100 valence electrons. The fourth-order valence-electron chi connectivity index (χ4n) is 1.72. The Morgan fingerprint density at radius 2 is 1.94 bits per heavy atom. The van der Waals surface area contributed by atoms with Crippen LogP contribution in [0, 0.1) is 0 Å². The predicted octanol–water partition coefficient (Wildman–Crippen LogP) is 1.75. The number of rotatable bonds is 9. The van der Waals surface area contributed by atoms with E-state index in [1.165, 1.54) is 0 Å². The van der Waals surface area contributed by atoms with Crippen LogP contribution in [0.1, 0.15) is 31.7 Å². The molecular formula is C13H21BO4. The van der Waals surface area contributed by atoms with Crippen molar-refractivity contribution in [2.75, 3.05) is 6.61 Å². The Morgan fingerprint density at radius 3 is 2.56 bits per heavy atom. The molecule has 0 heterocycles. The third kappa shape index (κ3) is 6.76. The number of hydrogen-bond acceptors (Lipinski definition) is 4. The zero-order valence-electron chi connectivity index (χ0n) is 10.8. The van der Waals surface area contributed by atoms with Crippen molar-refractivity contribution in [1.29, 1.82) is 0 Å². The van der Waals surface area contributed by atoms with Crippen molar-refractivity contribution in [3.8, 4) is 0 Å². The van der Waals surface area contributed by atoms with Crippen LogP contribution in [-0.2, 0) is 16.0 Å². The Labute approximate surface area is 109 Å². The number of benzene rings is 1. The highest BCUT2D eigenvalue weighted by Gasteiger charge is 2.15. The molecule has 18 heavy (non-hydrogen) atoms. The minimum atomic E-state index is -1.68. The molecular weight excluding hydrogens is 231 g/mol. The molecule has 1 unspecified atom stereocenters. The lowest BCUT2D eigenvalue weighted by Crippen LogP contribution is -2.25. The molecule has 0 saturated carbocycles. The van der Waals surface area contributed by atoms with Gasteiger partial charge in [0.25, 0.3) is 0 Å². The van der Waals surface area contributed by atoms with Crippen LogP contribution in [0.4, 0.5) is 0 Å². The van der Waals surface area contributed by atoms with Crippen molar-refractivity contribution in [2.24, 2.45) is 0 Å². The van der Waals surface area contributed by atoms with Crippen molar-refractivity contribution < 1.29 is 19.4 Å². The van der Waals surface area contributed by atoms with Gasteiger partial charge in [0.1, 0.15) is 0 Å². The summed E-state index contributed by atoms with van der Waals surface area (Å²) in [4.78, 5) is 0. The topological polar surface area (TPSA) is 58.9 Å². The van der Waals surface area contributed by atoms with Gasteiger partial charge in [-0.3, -0.25) is 0 Å². The zero-order valence-corrected chi connectivity index (χ0v) is 10.8. The first-order valence-electron chi connectivity index (χ1n) is 6.35. The van der Waals surface area contributed by atoms with Crippen LogP contribution in [-0.4, -0.2) is 30.1 Å². The molecule has 0 saturated heterocycles. The lowest BCUT2D eigenvalue weighted by molar-refractivity contribution is 0.0813. The Morgan fingerprint density at radius 1 is 1.22 bits per heavy atom. The summed E-state index contributed by atoms with van der Waals surface area (Å²) in [5.74, 6) is 0. The minimum absolute atomic E-state index is 0.120. The number of ether oxygens (including phenoxy) is 1. The Hall–Kier alpha value is -0.875. The fourth-order valence-corrected chi connectivity index (χ4v) is 1.72. The van der Waals surface area contributed by atoms with Gasteiger partial charge in [-0.25, -0.2) is 0 Å². The highest BCUT2D eigenvalue weighted by Crippen LogP contribution is 2.08. The summed E-state index contributed by atoms with van der Waals surface area (Å²) >= 11 is 0.